The summed E-state index contributed by atoms with van der Waals surface area (Å²) in [5.74, 6) is 0. The van der Waals surface area contributed by atoms with Gasteiger partial charge < -0.3 is 5.32 Å². The zero-order chi connectivity index (χ0) is 9.86. The standard InChI is InChI=1S/C12H24N2/c1-2-9-14-10-8-13-11-12(14)6-4-3-5-7-12/h13H,2-11H2,1H3. The van der Waals surface area contributed by atoms with Crippen LogP contribution in [0.3, 0.4) is 0 Å². The van der Waals surface area contributed by atoms with Gasteiger partial charge in [-0.2, -0.15) is 0 Å². The molecule has 0 aromatic heterocycles. The first kappa shape index (κ1) is 10.4. The summed E-state index contributed by atoms with van der Waals surface area (Å²) in [5.41, 5.74) is 0.548. The van der Waals surface area contributed by atoms with Crippen molar-refractivity contribution in [1.82, 2.24) is 10.2 Å². The number of hydrogen-bond donors (Lipinski definition) is 1. The Bertz CT molecular complexity index is 163. The Morgan fingerprint density at radius 2 is 2.00 bits per heavy atom. The minimum Gasteiger partial charge on any atom is -0.314 e. The summed E-state index contributed by atoms with van der Waals surface area (Å²) in [6, 6.07) is 0. The molecule has 1 aliphatic heterocycles. The summed E-state index contributed by atoms with van der Waals surface area (Å²) in [6.07, 6.45) is 8.52. The fourth-order valence-electron chi connectivity index (χ4n) is 3.21. The monoisotopic (exact) mass is 196 g/mol. The summed E-state index contributed by atoms with van der Waals surface area (Å²) >= 11 is 0. The van der Waals surface area contributed by atoms with Crippen molar-refractivity contribution >= 4 is 0 Å². The minimum atomic E-state index is 0.548. The molecule has 0 amide bonds. The molecule has 1 saturated carbocycles. The van der Waals surface area contributed by atoms with Crippen LogP contribution in [0.4, 0.5) is 0 Å². The van der Waals surface area contributed by atoms with Crippen LogP contribution in [0, 0.1) is 0 Å². The van der Waals surface area contributed by atoms with Gasteiger partial charge in [0.15, 0.2) is 0 Å². The van der Waals surface area contributed by atoms with Gasteiger partial charge in [0.2, 0.25) is 0 Å². The van der Waals surface area contributed by atoms with Crippen molar-refractivity contribution in [3.8, 4) is 0 Å². The smallest absolute Gasteiger partial charge is 0.0334 e. The molecule has 2 heteroatoms. The molecule has 0 atom stereocenters. The minimum absolute atomic E-state index is 0.548. The normalized spacial score (nSPS) is 28.1. The number of nitrogens with one attached hydrogen (secondary N) is 1. The van der Waals surface area contributed by atoms with Crippen LogP contribution in [0.1, 0.15) is 45.4 Å². The summed E-state index contributed by atoms with van der Waals surface area (Å²) in [4.78, 5) is 2.77. The SMILES string of the molecule is CCCN1CCNCC12CCCCC2. The fourth-order valence-corrected chi connectivity index (χ4v) is 3.21. The first-order valence-electron chi connectivity index (χ1n) is 6.33. The molecular weight excluding hydrogens is 172 g/mol. The van der Waals surface area contributed by atoms with Crippen LogP contribution < -0.4 is 5.32 Å². The molecule has 1 spiro atoms. The van der Waals surface area contributed by atoms with Gasteiger partial charge in [-0.05, 0) is 25.8 Å². The first-order valence-corrected chi connectivity index (χ1v) is 6.33. The van der Waals surface area contributed by atoms with E-state index in [9.17, 15) is 0 Å². The predicted octanol–water partition coefficient (Wildman–Crippen LogP) is 2.00. The second kappa shape index (κ2) is 4.63. The van der Waals surface area contributed by atoms with Crippen LogP contribution in [-0.2, 0) is 0 Å². The lowest BCUT2D eigenvalue weighted by Gasteiger charge is -2.50. The van der Waals surface area contributed by atoms with Gasteiger partial charge in [-0.1, -0.05) is 26.2 Å². The van der Waals surface area contributed by atoms with Crippen molar-refractivity contribution < 1.29 is 0 Å². The van der Waals surface area contributed by atoms with Crippen molar-refractivity contribution in [3.05, 3.63) is 0 Å². The van der Waals surface area contributed by atoms with Crippen LogP contribution in [-0.4, -0.2) is 36.6 Å². The molecule has 1 N–H and O–H groups in total. The third kappa shape index (κ3) is 1.96. The number of piperazine rings is 1. The highest BCUT2D eigenvalue weighted by Crippen LogP contribution is 2.34. The highest BCUT2D eigenvalue weighted by atomic mass is 15.3. The quantitative estimate of drug-likeness (QED) is 0.727. The molecule has 2 rings (SSSR count). The Morgan fingerprint density at radius 1 is 1.21 bits per heavy atom. The van der Waals surface area contributed by atoms with Gasteiger partial charge in [0, 0.05) is 25.2 Å². The Hall–Kier alpha value is -0.0800. The summed E-state index contributed by atoms with van der Waals surface area (Å²) in [5, 5.41) is 3.59. The number of nitrogens with zero attached hydrogens (tertiary/aromatic N) is 1. The van der Waals surface area contributed by atoms with Gasteiger partial charge in [0.1, 0.15) is 0 Å². The topological polar surface area (TPSA) is 15.3 Å². The molecule has 1 saturated heterocycles. The zero-order valence-electron chi connectivity index (χ0n) is 9.52. The highest BCUT2D eigenvalue weighted by Gasteiger charge is 2.38. The first-order chi connectivity index (χ1) is 6.87. The van der Waals surface area contributed by atoms with E-state index in [-0.39, 0.29) is 0 Å². The molecular formula is C12H24N2. The zero-order valence-corrected chi connectivity index (χ0v) is 9.52. The van der Waals surface area contributed by atoms with Gasteiger partial charge >= 0.3 is 0 Å². The lowest BCUT2D eigenvalue weighted by atomic mass is 9.79. The lowest BCUT2D eigenvalue weighted by molar-refractivity contribution is 0.0278. The molecule has 2 fully saturated rings. The average Bonchev–Trinajstić information content (AvgIpc) is 2.23. The van der Waals surface area contributed by atoms with E-state index in [2.05, 4.69) is 17.1 Å². The van der Waals surface area contributed by atoms with Crippen molar-refractivity contribution in [1.29, 1.82) is 0 Å². The van der Waals surface area contributed by atoms with Crippen molar-refractivity contribution in [3.63, 3.8) is 0 Å². The van der Waals surface area contributed by atoms with Crippen LogP contribution in [0.25, 0.3) is 0 Å². The molecule has 0 bridgehead atoms. The summed E-state index contributed by atoms with van der Waals surface area (Å²) < 4.78 is 0. The van der Waals surface area contributed by atoms with E-state index in [1.54, 1.807) is 0 Å². The third-order valence-electron chi connectivity index (χ3n) is 3.96. The van der Waals surface area contributed by atoms with E-state index >= 15 is 0 Å². The number of hydrogen-bond acceptors (Lipinski definition) is 2. The average molecular weight is 196 g/mol. The molecule has 82 valence electrons. The Kier molecular flexibility index (Phi) is 3.45. The molecule has 2 nitrogen and oxygen atoms in total. The predicted molar refractivity (Wildman–Crippen MR) is 60.5 cm³/mol. The van der Waals surface area contributed by atoms with Gasteiger partial charge in [-0.3, -0.25) is 4.90 Å². The van der Waals surface area contributed by atoms with E-state index in [0.29, 0.717) is 5.54 Å². The maximum absolute atomic E-state index is 3.59. The van der Waals surface area contributed by atoms with Crippen molar-refractivity contribution in [2.75, 3.05) is 26.2 Å². The Morgan fingerprint density at radius 3 is 2.71 bits per heavy atom. The lowest BCUT2D eigenvalue weighted by Crippen LogP contribution is -2.62. The molecule has 2 aliphatic rings. The second-order valence-corrected chi connectivity index (χ2v) is 4.95. The van der Waals surface area contributed by atoms with Crippen LogP contribution in [0.5, 0.6) is 0 Å². The fraction of sp³-hybridized carbons (Fsp3) is 1.00. The summed E-state index contributed by atoms with van der Waals surface area (Å²) in [6.45, 7) is 7.32. The van der Waals surface area contributed by atoms with E-state index in [1.807, 2.05) is 0 Å². The largest absolute Gasteiger partial charge is 0.314 e. The third-order valence-corrected chi connectivity index (χ3v) is 3.96. The maximum Gasteiger partial charge on any atom is 0.0334 e. The Balaban J connectivity index is 2.02. The van der Waals surface area contributed by atoms with E-state index < -0.39 is 0 Å². The van der Waals surface area contributed by atoms with E-state index in [0.717, 1.165) is 0 Å². The van der Waals surface area contributed by atoms with Crippen LogP contribution >= 0.6 is 0 Å². The summed E-state index contributed by atoms with van der Waals surface area (Å²) in [7, 11) is 0. The van der Waals surface area contributed by atoms with Crippen LogP contribution in [0.2, 0.25) is 0 Å². The Labute approximate surface area is 88.1 Å². The second-order valence-electron chi connectivity index (χ2n) is 4.95. The van der Waals surface area contributed by atoms with Gasteiger partial charge in [-0.15, -0.1) is 0 Å². The molecule has 0 unspecified atom stereocenters. The molecule has 0 aromatic carbocycles. The van der Waals surface area contributed by atoms with Crippen molar-refractivity contribution in [2.45, 2.75) is 51.0 Å². The van der Waals surface area contributed by atoms with Gasteiger partial charge in [0.05, 0.1) is 0 Å². The highest BCUT2D eigenvalue weighted by molar-refractivity contribution is 4.97. The van der Waals surface area contributed by atoms with Gasteiger partial charge in [0.25, 0.3) is 0 Å². The van der Waals surface area contributed by atoms with E-state index in [4.69, 9.17) is 0 Å². The van der Waals surface area contributed by atoms with E-state index in [1.165, 1.54) is 64.7 Å². The molecule has 14 heavy (non-hydrogen) atoms. The molecule has 1 heterocycles. The molecule has 1 aliphatic carbocycles. The molecule has 0 radical (unpaired) electrons. The van der Waals surface area contributed by atoms with Crippen LogP contribution in [0.15, 0.2) is 0 Å². The van der Waals surface area contributed by atoms with Gasteiger partial charge in [-0.25, -0.2) is 0 Å². The maximum atomic E-state index is 3.59. The van der Waals surface area contributed by atoms with Crippen molar-refractivity contribution in [2.24, 2.45) is 0 Å². The number of rotatable bonds is 2. The molecule has 0 aromatic rings.